The fourth-order valence-electron chi connectivity index (χ4n) is 4.17. The third kappa shape index (κ3) is 5.51. The van der Waals surface area contributed by atoms with Crippen molar-refractivity contribution in [1.29, 1.82) is 0 Å². The van der Waals surface area contributed by atoms with E-state index in [0.717, 1.165) is 25.7 Å². The summed E-state index contributed by atoms with van der Waals surface area (Å²) in [5, 5.41) is 5.60. The first-order valence-corrected chi connectivity index (χ1v) is 11.3. The van der Waals surface area contributed by atoms with Gasteiger partial charge in [0.05, 0.1) is 12.8 Å². The van der Waals surface area contributed by atoms with Crippen LogP contribution in [0.2, 0.25) is 0 Å². The number of nitrogens with one attached hydrogen (secondary N) is 2. The first-order chi connectivity index (χ1) is 16.5. The molecule has 8 heteroatoms. The van der Waals surface area contributed by atoms with Gasteiger partial charge in [-0.25, -0.2) is 4.39 Å². The minimum absolute atomic E-state index is 0.0295. The summed E-state index contributed by atoms with van der Waals surface area (Å²) in [5.41, 5.74) is 0.946. The quantitative estimate of drug-likeness (QED) is 0.529. The lowest BCUT2D eigenvalue weighted by Gasteiger charge is -2.32. The van der Waals surface area contributed by atoms with Gasteiger partial charge in [0.15, 0.2) is 5.76 Å². The molecule has 4 rings (SSSR count). The number of amides is 3. The third-order valence-electron chi connectivity index (χ3n) is 5.84. The first-order valence-electron chi connectivity index (χ1n) is 11.3. The van der Waals surface area contributed by atoms with Crippen molar-refractivity contribution in [1.82, 2.24) is 10.6 Å². The van der Waals surface area contributed by atoms with Crippen LogP contribution in [0, 0.1) is 5.82 Å². The van der Waals surface area contributed by atoms with Crippen molar-refractivity contribution in [2.45, 2.75) is 37.8 Å². The zero-order chi connectivity index (χ0) is 23.9. The molecule has 7 nitrogen and oxygen atoms in total. The number of carbonyl (C=O) groups excluding carboxylic acids is 3. The summed E-state index contributed by atoms with van der Waals surface area (Å²) in [7, 11) is 0. The van der Waals surface area contributed by atoms with Gasteiger partial charge in [0.25, 0.3) is 5.91 Å². The summed E-state index contributed by atoms with van der Waals surface area (Å²) in [4.78, 5) is 40.7. The minimum atomic E-state index is -1.04. The van der Waals surface area contributed by atoms with Crippen LogP contribution < -0.4 is 15.5 Å². The number of para-hydroxylation sites is 1. The molecule has 0 saturated heterocycles. The van der Waals surface area contributed by atoms with Crippen molar-refractivity contribution < 1.29 is 23.2 Å². The van der Waals surface area contributed by atoms with Crippen molar-refractivity contribution in [2.75, 3.05) is 11.4 Å². The highest BCUT2D eigenvalue weighted by molar-refractivity contribution is 6.04. The van der Waals surface area contributed by atoms with E-state index in [1.165, 1.54) is 41.5 Å². The van der Waals surface area contributed by atoms with Gasteiger partial charge in [0.1, 0.15) is 11.9 Å². The van der Waals surface area contributed by atoms with Crippen molar-refractivity contribution in [3.05, 3.63) is 90.1 Å². The number of benzene rings is 2. The maximum atomic E-state index is 13.7. The van der Waals surface area contributed by atoms with Crippen molar-refractivity contribution in [2.24, 2.45) is 0 Å². The Morgan fingerprint density at radius 3 is 2.32 bits per heavy atom. The highest BCUT2D eigenvalue weighted by Crippen LogP contribution is 2.29. The summed E-state index contributed by atoms with van der Waals surface area (Å²) in [5.74, 6) is -1.76. The van der Waals surface area contributed by atoms with Crippen LogP contribution in [0.4, 0.5) is 10.1 Å². The molecule has 1 saturated carbocycles. The second-order valence-corrected chi connectivity index (χ2v) is 8.20. The van der Waals surface area contributed by atoms with E-state index in [2.05, 4.69) is 10.6 Å². The minimum Gasteiger partial charge on any atom is -0.459 e. The molecule has 1 aliphatic carbocycles. The largest absolute Gasteiger partial charge is 0.459 e. The molecule has 0 spiro atoms. The van der Waals surface area contributed by atoms with E-state index >= 15 is 0 Å². The fraction of sp³-hybridized carbons (Fsp3) is 0.269. The smallest absolute Gasteiger partial charge is 0.287 e. The molecule has 0 unspecified atom stereocenters. The molecule has 2 aromatic carbocycles. The van der Waals surface area contributed by atoms with Crippen LogP contribution in [0.1, 0.15) is 47.8 Å². The Labute approximate surface area is 196 Å². The number of nitrogens with zero attached hydrogens (tertiary/aromatic N) is 1. The maximum absolute atomic E-state index is 13.7. The van der Waals surface area contributed by atoms with Gasteiger partial charge in [0.2, 0.25) is 11.8 Å². The normalized spacial score (nSPS) is 14.4. The van der Waals surface area contributed by atoms with Crippen molar-refractivity contribution in [3.63, 3.8) is 0 Å². The second-order valence-electron chi connectivity index (χ2n) is 8.20. The number of rotatable bonds is 8. The van der Waals surface area contributed by atoms with Crippen LogP contribution in [-0.4, -0.2) is 30.3 Å². The van der Waals surface area contributed by atoms with E-state index in [-0.39, 0.29) is 24.3 Å². The lowest BCUT2D eigenvalue weighted by atomic mass is 10.0. The molecule has 176 valence electrons. The van der Waals surface area contributed by atoms with Gasteiger partial charge in [-0.3, -0.25) is 19.3 Å². The van der Waals surface area contributed by atoms with Crippen LogP contribution in [0.25, 0.3) is 0 Å². The summed E-state index contributed by atoms with van der Waals surface area (Å²) in [6, 6.07) is 16.3. The van der Waals surface area contributed by atoms with Gasteiger partial charge < -0.3 is 15.1 Å². The van der Waals surface area contributed by atoms with Crippen LogP contribution in [0.15, 0.2) is 77.4 Å². The highest BCUT2D eigenvalue weighted by atomic mass is 19.1. The monoisotopic (exact) mass is 463 g/mol. The Morgan fingerprint density at radius 2 is 1.68 bits per heavy atom. The molecule has 3 aromatic rings. The predicted molar refractivity (Wildman–Crippen MR) is 125 cm³/mol. The summed E-state index contributed by atoms with van der Waals surface area (Å²) in [6.07, 6.45) is 5.18. The van der Waals surface area contributed by atoms with Gasteiger partial charge in [0, 0.05) is 11.7 Å². The fourth-order valence-corrected chi connectivity index (χ4v) is 4.17. The Balaban J connectivity index is 1.65. The summed E-state index contributed by atoms with van der Waals surface area (Å²) >= 11 is 0. The Hall–Kier alpha value is -3.94. The SMILES string of the molecule is O=C(NCC(=O)N(c1ccccc1)[C@H](C(=O)NC1CCCC1)c1ccc(F)cc1)c1ccco1. The molecular formula is C26H26FN3O4. The van der Waals surface area contributed by atoms with E-state index in [1.807, 2.05) is 0 Å². The highest BCUT2D eigenvalue weighted by Gasteiger charge is 2.34. The van der Waals surface area contributed by atoms with Crippen LogP contribution >= 0.6 is 0 Å². The van der Waals surface area contributed by atoms with Gasteiger partial charge in [-0.05, 0) is 54.8 Å². The standard InChI is InChI=1S/C26H26FN3O4/c27-19-14-12-18(13-15-19)24(26(33)29-20-7-4-5-8-20)30(21-9-2-1-3-10-21)23(31)17-28-25(32)22-11-6-16-34-22/h1-3,6,9-16,20,24H,4-5,7-8,17H2,(H,28,32)(H,29,33)/t24-/m0/s1. The molecule has 2 N–H and O–H groups in total. The zero-order valence-corrected chi connectivity index (χ0v) is 18.6. The van der Waals surface area contributed by atoms with Gasteiger partial charge in [-0.2, -0.15) is 0 Å². The lowest BCUT2D eigenvalue weighted by molar-refractivity contribution is -0.126. The summed E-state index contributed by atoms with van der Waals surface area (Å²) in [6.45, 7) is -0.358. The van der Waals surface area contributed by atoms with E-state index in [0.29, 0.717) is 11.3 Å². The molecule has 1 fully saturated rings. The second kappa shape index (κ2) is 10.8. The Bertz CT molecular complexity index is 1110. The molecule has 3 amide bonds. The molecule has 0 radical (unpaired) electrons. The molecular weight excluding hydrogens is 437 g/mol. The molecule has 1 aliphatic rings. The molecule has 0 bridgehead atoms. The number of hydrogen-bond donors (Lipinski definition) is 2. The number of halogens is 1. The number of anilines is 1. The topological polar surface area (TPSA) is 91.7 Å². The maximum Gasteiger partial charge on any atom is 0.287 e. The number of hydrogen-bond acceptors (Lipinski definition) is 4. The van der Waals surface area contributed by atoms with Crippen LogP contribution in [-0.2, 0) is 9.59 Å². The summed E-state index contributed by atoms with van der Waals surface area (Å²) < 4.78 is 18.7. The van der Waals surface area contributed by atoms with Crippen LogP contribution in [0.3, 0.4) is 0 Å². The number of carbonyl (C=O) groups is 3. The molecule has 1 heterocycles. The van der Waals surface area contributed by atoms with Crippen molar-refractivity contribution in [3.8, 4) is 0 Å². The zero-order valence-electron chi connectivity index (χ0n) is 18.6. The van der Waals surface area contributed by atoms with Gasteiger partial charge in [-0.1, -0.05) is 43.2 Å². The van der Waals surface area contributed by atoms with Crippen LogP contribution in [0.5, 0.6) is 0 Å². The van der Waals surface area contributed by atoms with E-state index in [9.17, 15) is 18.8 Å². The first kappa shape index (κ1) is 23.2. The van der Waals surface area contributed by atoms with Crippen molar-refractivity contribution >= 4 is 23.4 Å². The van der Waals surface area contributed by atoms with E-state index in [1.54, 1.807) is 36.4 Å². The Kier molecular flexibility index (Phi) is 7.37. The van der Waals surface area contributed by atoms with E-state index < -0.39 is 23.7 Å². The average Bonchev–Trinajstić information content (AvgIpc) is 3.57. The number of furan rings is 1. The third-order valence-corrected chi connectivity index (χ3v) is 5.84. The predicted octanol–water partition coefficient (Wildman–Crippen LogP) is 3.98. The van der Waals surface area contributed by atoms with Gasteiger partial charge >= 0.3 is 0 Å². The molecule has 34 heavy (non-hydrogen) atoms. The lowest BCUT2D eigenvalue weighted by Crippen LogP contribution is -2.49. The molecule has 1 atom stereocenters. The van der Waals surface area contributed by atoms with E-state index in [4.69, 9.17) is 4.42 Å². The molecule has 0 aliphatic heterocycles. The Morgan fingerprint density at radius 1 is 0.971 bits per heavy atom. The van der Waals surface area contributed by atoms with Gasteiger partial charge in [-0.15, -0.1) is 0 Å². The molecule has 1 aromatic heterocycles. The average molecular weight is 464 g/mol.